The fourth-order valence-electron chi connectivity index (χ4n) is 3.34. The molecule has 0 aromatic rings. The van der Waals surface area contributed by atoms with Crippen LogP contribution in [0, 0.1) is 11.8 Å². The summed E-state index contributed by atoms with van der Waals surface area (Å²) in [6, 6.07) is 0. The Morgan fingerprint density at radius 3 is 2.27 bits per heavy atom. The van der Waals surface area contributed by atoms with Crippen LogP contribution in [0.3, 0.4) is 0 Å². The quantitative estimate of drug-likeness (QED) is 0.744. The van der Waals surface area contributed by atoms with E-state index in [4.69, 9.17) is 0 Å². The number of piperidine rings is 1. The number of nitrogens with one attached hydrogen (secondary N) is 1. The molecular formula is C14H27N. The second-order valence-corrected chi connectivity index (χ2v) is 5.65. The molecule has 88 valence electrons. The molecule has 1 atom stereocenters. The van der Waals surface area contributed by atoms with Crippen molar-refractivity contribution in [3.63, 3.8) is 0 Å². The lowest BCUT2D eigenvalue weighted by atomic mass is 9.84. The molecule has 15 heavy (non-hydrogen) atoms. The van der Waals surface area contributed by atoms with E-state index in [9.17, 15) is 0 Å². The van der Waals surface area contributed by atoms with Gasteiger partial charge in [0.15, 0.2) is 0 Å². The second kappa shape index (κ2) is 6.52. The molecule has 0 bridgehead atoms. The molecular weight excluding hydrogens is 182 g/mol. The second-order valence-electron chi connectivity index (χ2n) is 5.65. The standard InChI is InChI=1S/C14H27N/c1-2-6-13(7-3-1)8-4-9-14-10-5-11-15-12-14/h13-15H,1-12H2. The minimum absolute atomic E-state index is 1.00. The molecule has 1 unspecified atom stereocenters. The average molecular weight is 209 g/mol. The number of rotatable bonds is 4. The molecule has 1 aliphatic heterocycles. The van der Waals surface area contributed by atoms with E-state index in [1.807, 2.05) is 0 Å². The highest BCUT2D eigenvalue weighted by atomic mass is 14.9. The van der Waals surface area contributed by atoms with Crippen molar-refractivity contribution in [1.82, 2.24) is 5.32 Å². The van der Waals surface area contributed by atoms with Crippen molar-refractivity contribution in [3.05, 3.63) is 0 Å². The van der Waals surface area contributed by atoms with Gasteiger partial charge >= 0.3 is 0 Å². The van der Waals surface area contributed by atoms with Crippen LogP contribution >= 0.6 is 0 Å². The molecule has 2 rings (SSSR count). The molecule has 1 heterocycles. The summed E-state index contributed by atoms with van der Waals surface area (Å²) in [5.41, 5.74) is 0. The van der Waals surface area contributed by atoms with Gasteiger partial charge in [-0.2, -0.15) is 0 Å². The van der Waals surface area contributed by atoms with E-state index in [1.165, 1.54) is 77.3 Å². The first-order valence-electron chi connectivity index (χ1n) is 7.16. The molecule has 0 amide bonds. The first kappa shape index (κ1) is 11.4. The molecule has 2 aliphatic rings. The molecule has 0 aromatic carbocycles. The van der Waals surface area contributed by atoms with Gasteiger partial charge < -0.3 is 5.32 Å². The van der Waals surface area contributed by atoms with Gasteiger partial charge in [0.25, 0.3) is 0 Å². The van der Waals surface area contributed by atoms with Crippen LogP contribution in [0.5, 0.6) is 0 Å². The zero-order valence-electron chi connectivity index (χ0n) is 10.1. The molecule has 1 heteroatoms. The summed E-state index contributed by atoms with van der Waals surface area (Å²) in [5.74, 6) is 2.10. The van der Waals surface area contributed by atoms with Gasteiger partial charge in [-0.05, 0) is 44.2 Å². The molecule has 1 nitrogen and oxygen atoms in total. The van der Waals surface area contributed by atoms with Crippen LogP contribution in [0.15, 0.2) is 0 Å². The first-order valence-corrected chi connectivity index (χ1v) is 7.16. The lowest BCUT2D eigenvalue weighted by molar-refractivity contribution is 0.299. The van der Waals surface area contributed by atoms with Crippen LogP contribution < -0.4 is 5.32 Å². The topological polar surface area (TPSA) is 12.0 Å². The molecule has 1 aliphatic carbocycles. The first-order chi connectivity index (χ1) is 7.45. The van der Waals surface area contributed by atoms with Gasteiger partial charge in [0.05, 0.1) is 0 Å². The molecule has 0 spiro atoms. The minimum atomic E-state index is 1.00. The maximum atomic E-state index is 3.52. The van der Waals surface area contributed by atoms with Crippen LogP contribution in [0.25, 0.3) is 0 Å². The van der Waals surface area contributed by atoms with Gasteiger partial charge in [0.2, 0.25) is 0 Å². The van der Waals surface area contributed by atoms with Gasteiger partial charge in [0.1, 0.15) is 0 Å². The highest BCUT2D eigenvalue weighted by molar-refractivity contribution is 4.71. The van der Waals surface area contributed by atoms with E-state index in [0.717, 1.165) is 11.8 Å². The SMILES string of the molecule is C1CCC(CCCC2CCCNC2)CC1. The van der Waals surface area contributed by atoms with Crippen LogP contribution in [-0.2, 0) is 0 Å². The van der Waals surface area contributed by atoms with Crippen molar-refractivity contribution >= 4 is 0 Å². The lowest BCUT2D eigenvalue weighted by Gasteiger charge is -2.25. The molecule has 1 saturated carbocycles. The van der Waals surface area contributed by atoms with E-state index in [-0.39, 0.29) is 0 Å². The highest BCUT2D eigenvalue weighted by Gasteiger charge is 2.15. The summed E-state index contributed by atoms with van der Waals surface area (Å²) in [5, 5.41) is 3.52. The summed E-state index contributed by atoms with van der Waals surface area (Å²) in [7, 11) is 0. The lowest BCUT2D eigenvalue weighted by Crippen LogP contribution is -2.29. The Kier molecular flexibility index (Phi) is 4.98. The van der Waals surface area contributed by atoms with Crippen molar-refractivity contribution in [3.8, 4) is 0 Å². The van der Waals surface area contributed by atoms with Gasteiger partial charge in [-0.1, -0.05) is 44.9 Å². The fourth-order valence-corrected chi connectivity index (χ4v) is 3.34. The third kappa shape index (κ3) is 4.14. The summed E-state index contributed by atoms with van der Waals surface area (Å²) < 4.78 is 0. The average Bonchev–Trinajstić information content (AvgIpc) is 2.32. The van der Waals surface area contributed by atoms with Crippen LogP contribution in [0.2, 0.25) is 0 Å². The maximum Gasteiger partial charge on any atom is -0.00205 e. The molecule has 2 fully saturated rings. The third-order valence-corrected chi connectivity index (χ3v) is 4.35. The number of hydrogen-bond donors (Lipinski definition) is 1. The zero-order valence-corrected chi connectivity index (χ0v) is 10.1. The normalized spacial score (nSPS) is 29.2. The summed E-state index contributed by atoms with van der Waals surface area (Å²) in [6.07, 6.45) is 15.0. The third-order valence-electron chi connectivity index (χ3n) is 4.35. The predicted molar refractivity (Wildman–Crippen MR) is 66.0 cm³/mol. The largest absolute Gasteiger partial charge is 0.316 e. The Balaban J connectivity index is 1.53. The highest BCUT2D eigenvalue weighted by Crippen LogP contribution is 2.29. The number of hydrogen-bond acceptors (Lipinski definition) is 1. The van der Waals surface area contributed by atoms with E-state index in [2.05, 4.69) is 5.32 Å². The van der Waals surface area contributed by atoms with Crippen LogP contribution in [0.1, 0.15) is 64.2 Å². The Morgan fingerprint density at radius 2 is 1.53 bits per heavy atom. The van der Waals surface area contributed by atoms with Gasteiger partial charge in [0, 0.05) is 0 Å². The van der Waals surface area contributed by atoms with E-state index in [1.54, 1.807) is 0 Å². The minimum Gasteiger partial charge on any atom is -0.316 e. The van der Waals surface area contributed by atoms with E-state index < -0.39 is 0 Å². The van der Waals surface area contributed by atoms with E-state index in [0.29, 0.717) is 0 Å². The van der Waals surface area contributed by atoms with Gasteiger partial charge in [-0.3, -0.25) is 0 Å². The van der Waals surface area contributed by atoms with Crippen molar-refractivity contribution < 1.29 is 0 Å². The molecule has 0 radical (unpaired) electrons. The van der Waals surface area contributed by atoms with Gasteiger partial charge in [-0.15, -0.1) is 0 Å². The molecule has 1 N–H and O–H groups in total. The maximum absolute atomic E-state index is 3.52. The van der Waals surface area contributed by atoms with Gasteiger partial charge in [-0.25, -0.2) is 0 Å². The predicted octanol–water partition coefficient (Wildman–Crippen LogP) is 3.74. The Hall–Kier alpha value is -0.0400. The van der Waals surface area contributed by atoms with Crippen LogP contribution in [-0.4, -0.2) is 13.1 Å². The molecule has 0 aromatic heterocycles. The van der Waals surface area contributed by atoms with Crippen molar-refractivity contribution in [2.45, 2.75) is 64.2 Å². The fraction of sp³-hybridized carbons (Fsp3) is 1.00. The van der Waals surface area contributed by atoms with Crippen molar-refractivity contribution in [2.24, 2.45) is 11.8 Å². The summed E-state index contributed by atoms with van der Waals surface area (Å²) in [6.45, 7) is 2.56. The Bertz CT molecular complexity index is 137. The summed E-state index contributed by atoms with van der Waals surface area (Å²) >= 11 is 0. The Labute approximate surface area is 95.0 Å². The molecule has 1 saturated heterocycles. The Morgan fingerprint density at radius 1 is 0.800 bits per heavy atom. The van der Waals surface area contributed by atoms with Crippen LogP contribution in [0.4, 0.5) is 0 Å². The smallest absolute Gasteiger partial charge is 0.00205 e. The van der Waals surface area contributed by atoms with Crippen molar-refractivity contribution in [1.29, 1.82) is 0 Å². The monoisotopic (exact) mass is 209 g/mol. The van der Waals surface area contributed by atoms with E-state index >= 15 is 0 Å². The van der Waals surface area contributed by atoms with Crippen molar-refractivity contribution in [2.75, 3.05) is 13.1 Å². The summed E-state index contributed by atoms with van der Waals surface area (Å²) in [4.78, 5) is 0. The zero-order chi connectivity index (χ0) is 10.3.